The second-order valence-electron chi connectivity index (χ2n) is 4.71. The zero-order chi connectivity index (χ0) is 14.1. The van der Waals surface area contributed by atoms with E-state index in [2.05, 4.69) is 25.2 Å². The quantitative estimate of drug-likeness (QED) is 0.934. The normalized spacial score (nSPS) is 18.4. The molecule has 0 spiro atoms. The van der Waals surface area contributed by atoms with Crippen LogP contribution in [0.25, 0.3) is 0 Å². The number of carbonyl (C=O) groups is 1. The Morgan fingerprint density at radius 2 is 2.30 bits per heavy atom. The standard InChI is InChI=1S/C13H14N4O2S/c1-8-16-10(7-20-8)11-3-2-4-17(11)12-6-14-9(5-15-12)13(18)19/h5-7,11H,2-4H2,1H3,(H,18,19). The monoisotopic (exact) mass is 290 g/mol. The Balaban J connectivity index is 1.86. The van der Waals surface area contributed by atoms with E-state index in [4.69, 9.17) is 5.11 Å². The summed E-state index contributed by atoms with van der Waals surface area (Å²) < 4.78 is 0. The van der Waals surface area contributed by atoms with Crippen molar-refractivity contribution in [1.82, 2.24) is 15.0 Å². The van der Waals surface area contributed by atoms with Gasteiger partial charge in [0.15, 0.2) is 5.69 Å². The van der Waals surface area contributed by atoms with E-state index in [1.165, 1.54) is 12.4 Å². The van der Waals surface area contributed by atoms with Gasteiger partial charge in [-0.2, -0.15) is 0 Å². The van der Waals surface area contributed by atoms with Gasteiger partial charge in [0, 0.05) is 11.9 Å². The van der Waals surface area contributed by atoms with E-state index in [9.17, 15) is 4.79 Å². The smallest absolute Gasteiger partial charge is 0.356 e. The number of thiazole rings is 1. The van der Waals surface area contributed by atoms with E-state index >= 15 is 0 Å². The van der Waals surface area contributed by atoms with Crippen LogP contribution < -0.4 is 4.90 Å². The first-order valence-corrected chi connectivity index (χ1v) is 7.27. The Labute approximate surface area is 120 Å². The van der Waals surface area contributed by atoms with E-state index in [1.807, 2.05) is 6.92 Å². The van der Waals surface area contributed by atoms with E-state index in [0.717, 1.165) is 30.1 Å². The highest BCUT2D eigenvalue weighted by molar-refractivity contribution is 7.09. The minimum absolute atomic E-state index is 0.0333. The predicted molar refractivity (Wildman–Crippen MR) is 75.2 cm³/mol. The first-order chi connectivity index (χ1) is 9.65. The minimum Gasteiger partial charge on any atom is -0.476 e. The van der Waals surface area contributed by atoms with Gasteiger partial charge in [-0.05, 0) is 19.8 Å². The first kappa shape index (κ1) is 13.0. The molecular weight excluding hydrogens is 276 g/mol. The number of aromatic carboxylic acids is 1. The van der Waals surface area contributed by atoms with Gasteiger partial charge < -0.3 is 10.0 Å². The SMILES string of the molecule is Cc1nc(C2CCCN2c2cnc(C(=O)O)cn2)cs1. The maximum absolute atomic E-state index is 10.8. The number of aryl methyl sites for hydroxylation is 1. The Morgan fingerprint density at radius 3 is 2.90 bits per heavy atom. The highest BCUT2D eigenvalue weighted by Crippen LogP contribution is 2.35. The number of rotatable bonds is 3. The molecule has 3 heterocycles. The van der Waals surface area contributed by atoms with E-state index in [0.29, 0.717) is 5.82 Å². The van der Waals surface area contributed by atoms with Gasteiger partial charge in [-0.1, -0.05) is 0 Å². The Bertz CT molecular complexity index is 626. The van der Waals surface area contributed by atoms with Crippen LogP contribution >= 0.6 is 11.3 Å². The van der Waals surface area contributed by atoms with Crippen LogP contribution in [-0.2, 0) is 0 Å². The van der Waals surface area contributed by atoms with Crippen molar-refractivity contribution in [1.29, 1.82) is 0 Å². The molecule has 2 aromatic heterocycles. The van der Waals surface area contributed by atoms with Gasteiger partial charge in [-0.25, -0.2) is 19.7 Å². The lowest BCUT2D eigenvalue weighted by atomic mass is 10.2. The van der Waals surface area contributed by atoms with Crippen LogP contribution in [0.2, 0.25) is 0 Å². The lowest BCUT2D eigenvalue weighted by Crippen LogP contribution is -2.24. The van der Waals surface area contributed by atoms with Crippen LogP contribution in [0.1, 0.15) is 40.1 Å². The number of carboxylic acid groups (broad SMARTS) is 1. The number of nitrogens with zero attached hydrogens (tertiary/aromatic N) is 4. The van der Waals surface area contributed by atoms with Gasteiger partial charge in [0.2, 0.25) is 0 Å². The Kier molecular flexibility index (Phi) is 3.35. The molecule has 7 heteroatoms. The van der Waals surface area contributed by atoms with Gasteiger partial charge in [0.25, 0.3) is 0 Å². The lowest BCUT2D eigenvalue weighted by Gasteiger charge is -2.24. The van der Waals surface area contributed by atoms with Crippen molar-refractivity contribution >= 4 is 23.1 Å². The third-order valence-corrected chi connectivity index (χ3v) is 4.17. The molecule has 1 unspecified atom stereocenters. The van der Waals surface area contributed by atoms with Crippen molar-refractivity contribution in [3.8, 4) is 0 Å². The second-order valence-corrected chi connectivity index (χ2v) is 5.77. The fourth-order valence-corrected chi connectivity index (χ4v) is 3.12. The maximum Gasteiger partial charge on any atom is 0.356 e. The van der Waals surface area contributed by atoms with Crippen LogP contribution in [0.4, 0.5) is 5.82 Å². The third-order valence-electron chi connectivity index (χ3n) is 3.38. The molecule has 1 atom stereocenters. The Hall–Kier alpha value is -2.02. The molecule has 104 valence electrons. The number of hydrogen-bond acceptors (Lipinski definition) is 6. The number of aromatic nitrogens is 3. The van der Waals surface area contributed by atoms with Gasteiger partial charge in [0.1, 0.15) is 5.82 Å². The predicted octanol–water partition coefficient (Wildman–Crippen LogP) is 2.28. The molecule has 20 heavy (non-hydrogen) atoms. The van der Waals surface area contributed by atoms with Gasteiger partial charge in [-0.3, -0.25) is 0 Å². The fraction of sp³-hybridized carbons (Fsp3) is 0.385. The zero-order valence-corrected chi connectivity index (χ0v) is 11.8. The molecule has 0 bridgehead atoms. The van der Waals surface area contributed by atoms with Gasteiger partial charge in [0.05, 0.1) is 29.1 Å². The van der Waals surface area contributed by atoms with Crippen molar-refractivity contribution in [3.05, 3.63) is 34.2 Å². The van der Waals surface area contributed by atoms with E-state index in [1.54, 1.807) is 11.3 Å². The van der Waals surface area contributed by atoms with Crippen molar-refractivity contribution in [3.63, 3.8) is 0 Å². The minimum atomic E-state index is -1.06. The van der Waals surface area contributed by atoms with Gasteiger partial charge in [-0.15, -0.1) is 11.3 Å². The largest absolute Gasteiger partial charge is 0.476 e. The Morgan fingerprint density at radius 1 is 1.45 bits per heavy atom. The summed E-state index contributed by atoms with van der Waals surface area (Å²) in [6, 6.07) is 0.213. The molecule has 2 aromatic rings. The van der Waals surface area contributed by atoms with Crippen molar-refractivity contribution < 1.29 is 9.90 Å². The molecule has 1 aliphatic rings. The summed E-state index contributed by atoms with van der Waals surface area (Å²) in [4.78, 5) is 25.6. The fourth-order valence-electron chi connectivity index (χ4n) is 2.46. The van der Waals surface area contributed by atoms with Crippen LogP contribution in [-0.4, -0.2) is 32.6 Å². The zero-order valence-electron chi connectivity index (χ0n) is 11.0. The van der Waals surface area contributed by atoms with Crippen LogP contribution in [0.15, 0.2) is 17.8 Å². The number of carboxylic acids is 1. The summed E-state index contributed by atoms with van der Waals surface area (Å²) in [7, 11) is 0. The number of hydrogen-bond donors (Lipinski definition) is 1. The van der Waals surface area contributed by atoms with Crippen molar-refractivity contribution in [2.45, 2.75) is 25.8 Å². The molecule has 6 nitrogen and oxygen atoms in total. The lowest BCUT2D eigenvalue weighted by molar-refractivity contribution is 0.0690. The summed E-state index contributed by atoms with van der Waals surface area (Å²) in [5, 5.41) is 12.0. The highest BCUT2D eigenvalue weighted by atomic mass is 32.1. The van der Waals surface area contributed by atoms with Crippen LogP contribution in [0.3, 0.4) is 0 Å². The summed E-state index contributed by atoms with van der Waals surface area (Å²) in [6.45, 7) is 2.89. The van der Waals surface area contributed by atoms with E-state index in [-0.39, 0.29) is 11.7 Å². The van der Waals surface area contributed by atoms with Gasteiger partial charge >= 0.3 is 5.97 Å². The average Bonchev–Trinajstić information content (AvgIpc) is 3.07. The molecule has 3 rings (SSSR count). The summed E-state index contributed by atoms with van der Waals surface area (Å²) in [5.74, 6) is -0.347. The molecular formula is C13H14N4O2S. The summed E-state index contributed by atoms with van der Waals surface area (Å²) >= 11 is 1.64. The molecule has 0 saturated carbocycles. The summed E-state index contributed by atoms with van der Waals surface area (Å²) in [6.07, 6.45) is 4.94. The molecule has 0 aromatic carbocycles. The molecule has 0 aliphatic carbocycles. The molecule has 0 radical (unpaired) electrons. The molecule has 1 saturated heterocycles. The van der Waals surface area contributed by atoms with E-state index < -0.39 is 5.97 Å². The van der Waals surface area contributed by atoms with Crippen LogP contribution in [0, 0.1) is 6.92 Å². The molecule has 1 aliphatic heterocycles. The summed E-state index contributed by atoms with van der Waals surface area (Å²) in [5.41, 5.74) is 1.03. The average molecular weight is 290 g/mol. The second kappa shape index (κ2) is 5.16. The van der Waals surface area contributed by atoms with Crippen molar-refractivity contribution in [2.24, 2.45) is 0 Å². The van der Waals surface area contributed by atoms with Crippen molar-refractivity contribution in [2.75, 3.05) is 11.4 Å². The topological polar surface area (TPSA) is 79.2 Å². The maximum atomic E-state index is 10.8. The molecule has 0 amide bonds. The molecule has 1 N–H and O–H groups in total. The molecule has 1 fully saturated rings. The third kappa shape index (κ3) is 2.36. The highest BCUT2D eigenvalue weighted by Gasteiger charge is 2.29. The first-order valence-electron chi connectivity index (χ1n) is 6.39. The number of anilines is 1. The van der Waals surface area contributed by atoms with Crippen LogP contribution in [0.5, 0.6) is 0 Å².